The standard InChI is InChI=1S/C23H28N2O4/c1-23(22(27)24-15-17-8-10-19(28-2)11-9-17)12-5-13-25(16-23)21(26)18-6-4-7-20(14-18)29-3/h4,6-11,14H,5,12-13,15-16H2,1-3H3,(H,24,27)/t23-/m1/s1. The molecule has 1 heterocycles. The molecule has 1 aliphatic rings. The molecule has 154 valence electrons. The maximum Gasteiger partial charge on any atom is 0.254 e. The summed E-state index contributed by atoms with van der Waals surface area (Å²) in [5.41, 5.74) is 0.967. The fourth-order valence-electron chi connectivity index (χ4n) is 3.68. The van der Waals surface area contributed by atoms with Crippen LogP contribution in [0.5, 0.6) is 11.5 Å². The Labute approximate surface area is 171 Å². The Bertz CT molecular complexity index is 865. The Morgan fingerprint density at radius 3 is 2.48 bits per heavy atom. The molecule has 1 N–H and O–H groups in total. The van der Waals surface area contributed by atoms with Gasteiger partial charge in [0.15, 0.2) is 0 Å². The molecule has 29 heavy (non-hydrogen) atoms. The second-order valence-corrected chi connectivity index (χ2v) is 7.65. The minimum absolute atomic E-state index is 0.0311. The van der Waals surface area contributed by atoms with E-state index in [2.05, 4.69) is 5.32 Å². The van der Waals surface area contributed by atoms with Crippen LogP contribution in [0, 0.1) is 5.41 Å². The van der Waals surface area contributed by atoms with Crippen molar-refractivity contribution in [3.05, 3.63) is 59.7 Å². The van der Waals surface area contributed by atoms with Crippen molar-refractivity contribution in [1.29, 1.82) is 0 Å². The average Bonchev–Trinajstić information content (AvgIpc) is 2.77. The molecule has 0 bridgehead atoms. The Morgan fingerprint density at radius 1 is 1.07 bits per heavy atom. The molecule has 1 aliphatic heterocycles. The number of hydrogen-bond donors (Lipinski definition) is 1. The fraction of sp³-hybridized carbons (Fsp3) is 0.391. The molecule has 2 aromatic carbocycles. The Balaban J connectivity index is 1.63. The van der Waals surface area contributed by atoms with E-state index >= 15 is 0 Å². The fourth-order valence-corrected chi connectivity index (χ4v) is 3.68. The number of nitrogens with one attached hydrogen (secondary N) is 1. The van der Waals surface area contributed by atoms with Gasteiger partial charge in [-0.3, -0.25) is 9.59 Å². The smallest absolute Gasteiger partial charge is 0.254 e. The van der Waals surface area contributed by atoms with Crippen LogP contribution < -0.4 is 14.8 Å². The molecule has 0 aliphatic carbocycles. The molecule has 0 saturated carbocycles. The molecular formula is C23H28N2O4. The van der Waals surface area contributed by atoms with Crippen LogP contribution >= 0.6 is 0 Å². The van der Waals surface area contributed by atoms with Gasteiger partial charge in [0.05, 0.1) is 19.6 Å². The van der Waals surface area contributed by atoms with Crippen molar-refractivity contribution in [1.82, 2.24) is 10.2 Å². The first-order valence-electron chi connectivity index (χ1n) is 9.80. The third-order valence-corrected chi connectivity index (χ3v) is 5.46. The number of amides is 2. The lowest BCUT2D eigenvalue weighted by molar-refractivity contribution is -0.132. The van der Waals surface area contributed by atoms with Gasteiger partial charge in [0.25, 0.3) is 5.91 Å². The number of hydrogen-bond acceptors (Lipinski definition) is 4. The minimum atomic E-state index is -0.612. The van der Waals surface area contributed by atoms with Gasteiger partial charge in [0.2, 0.25) is 5.91 Å². The Hall–Kier alpha value is -3.02. The number of likely N-dealkylation sites (tertiary alicyclic amines) is 1. The molecule has 0 aromatic heterocycles. The summed E-state index contributed by atoms with van der Waals surface area (Å²) >= 11 is 0. The van der Waals surface area contributed by atoms with Gasteiger partial charge >= 0.3 is 0 Å². The number of benzene rings is 2. The lowest BCUT2D eigenvalue weighted by Crippen LogP contribution is -2.51. The van der Waals surface area contributed by atoms with Gasteiger partial charge < -0.3 is 19.7 Å². The number of methoxy groups -OCH3 is 2. The number of nitrogens with zero attached hydrogens (tertiary/aromatic N) is 1. The van der Waals surface area contributed by atoms with E-state index in [1.807, 2.05) is 37.3 Å². The van der Waals surface area contributed by atoms with Crippen molar-refractivity contribution < 1.29 is 19.1 Å². The molecule has 6 heteroatoms. The van der Waals surface area contributed by atoms with Gasteiger partial charge in [-0.1, -0.05) is 18.2 Å². The first-order chi connectivity index (χ1) is 13.9. The van der Waals surface area contributed by atoms with Crippen LogP contribution in [0.4, 0.5) is 0 Å². The third kappa shape index (κ3) is 4.88. The van der Waals surface area contributed by atoms with E-state index in [4.69, 9.17) is 9.47 Å². The van der Waals surface area contributed by atoms with Gasteiger partial charge in [-0.15, -0.1) is 0 Å². The van der Waals surface area contributed by atoms with E-state index in [0.29, 0.717) is 30.9 Å². The van der Waals surface area contributed by atoms with Crippen molar-refractivity contribution in [2.24, 2.45) is 5.41 Å². The number of carbonyl (C=O) groups is 2. The van der Waals surface area contributed by atoms with Crippen molar-refractivity contribution in [2.45, 2.75) is 26.3 Å². The molecule has 3 rings (SSSR count). The lowest BCUT2D eigenvalue weighted by atomic mass is 9.80. The molecule has 1 saturated heterocycles. The predicted molar refractivity (Wildman–Crippen MR) is 111 cm³/mol. The highest BCUT2D eigenvalue weighted by atomic mass is 16.5. The number of ether oxygens (including phenoxy) is 2. The van der Waals surface area contributed by atoms with Crippen LogP contribution in [0.25, 0.3) is 0 Å². The van der Waals surface area contributed by atoms with E-state index in [9.17, 15) is 9.59 Å². The summed E-state index contributed by atoms with van der Waals surface area (Å²) < 4.78 is 10.4. The van der Waals surface area contributed by atoms with Gasteiger partial charge in [-0.25, -0.2) is 0 Å². The van der Waals surface area contributed by atoms with Crippen LogP contribution in [-0.4, -0.2) is 44.0 Å². The van der Waals surface area contributed by atoms with E-state index in [1.54, 1.807) is 37.3 Å². The summed E-state index contributed by atoms with van der Waals surface area (Å²) in [6.45, 7) is 3.43. The maximum absolute atomic E-state index is 12.9. The molecule has 1 fully saturated rings. The lowest BCUT2D eigenvalue weighted by Gasteiger charge is -2.39. The quantitative estimate of drug-likeness (QED) is 0.814. The minimum Gasteiger partial charge on any atom is -0.497 e. The van der Waals surface area contributed by atoms with E-state index in [-0.39, 0.29) is 11.8 Å². The first-order valence-corrected chi connectivity index (χ1v) is 9.80. The second-order valence-electron chi connectivity index (χ2n) is 7.65. The zero-order chi connectivity index (χ0) is 20.9. The molecule has 0 radical (unpaired) electrons. The molecule has 6 nitrogen and oxygen atoms in total. The molecular weight excluding hydrogens is 368 g/mol. The van der Waals surface area contributed by atoms with Gasteiger partial charge in [-0.05, 0) is 55.7 Å². The van der Waals surface area contributed by atoms with Crippen LogP contribution in [0.2, 0.25) is 0 Å². The highest BCUT2D eigenvalue weighted by molar-refractivity contribution is 5.95. The first kappa shape index (κ1) is 20.7. The van der Waals surface area contributed by atoms with E-state index < -0.39 is 5.41 Å². The van der Waals surface area contributed by atoms with Gasteiger partial charge in [0.1, 0.15) is 11.5 Å². The third-order valence-electron chi connectivity index (χ3n) is 5.46. The summed E-state index contributed by atoms with van der Waals surface area (Å²) in [7, 11) is 3.20. The Kier molecular flexibility index (Phi) is 6.42. The predicted octanol–water partition coefficient (Wildman–Crippen LogP) is 3.26. The topological polar surface area (TPSA) is 67.9 Å². The van der Waals surface area contributed by atoms with E-state index in [1.165, 1.54) is 0 Å². The monoisotopic (exact) mass is 396 g/mol. The summed E-state index contributed by atoms with van der Waals surface area (Å²) in [5, 5.41) is 3.03. The van der Waals surface area contributed by atoms with Gasteiger partial charge in [0, 0.05) is 25.2 Å². The molecule has 2 amide bonds. The highest BCUT2D eigenvalue weighted by Crippen LogP contribution is 2.31. The number of rotatable bonds is 6. The zero-order valence-electron chi connectivity index (χ0n) is 17.2. The second kappa shape index (κ2) is 8.99. The highest BCUT2D eigenvalue weighted by Gasteiger charge is 2.39. The average molecular weight is 396 g/mol. The van der Waals surface area contributed by atoms with Gasteiger partial charge in [-0.2, -0.15) is 0 Å². The summed E-state index contributed by atoms with van der Waals surface area (Å²) in [5.74, 6) is 1.33. The number of piperidine rings is 1. The van der Waals surface area contributed by atoms with Crippen molar-refractivity contribution in [2.75, 3.05) is 27.3 Å². The summed E-state index contributed by atoms with van der Waals surface area (Å²) in [4.78, 5) is 27.6. The van der Waals surface area contributed by atoms with Crippen LogP contribution in [0.3, 0.4) is 0 Å². The summed E-state index contributed by atoms with van der Waals surface area (Å²) in [6.07, 6.45) is 1.55. The van der Waals surface area contributed by atoms with Crippen molar-refractivity contribution in [3.63, 3.8) is 0 Å². The largest absolute Gasteiger partial charge is 0.497 e. The molecule has 0 unspecified atom stereocenters. The van der Waals surface area contributed by atoms with Crippen molar-refractivity contribution in [3.8, 4) is 11.5 Å². The molecule has 2 aromatic rings. The maximum atomic E-state index is 12.9. The van der Waals surface area contributed by atoms with Crippen LogP contribution in [-0.2, 0) is 11.3 Å². The van der Waals surface area contributed by atoms with Crippen LogP contribution in [0.1, 0.15) is 35.7 Å². The SMILES string of the molecule is COc1ccc(CNC(=O)[C@]2(C)CCCN(C(=O)c3cccc(OC)c3)C2)cc1. The number of carbonyl (C=O) groups excluding carboxylic acids is 2. The van der Waals surface area contributed by atoms with E-state index in [0.717, 1.165) is 24.2 Å². The van der Waals surface area contributed by atoms with Crippen molar-refractivity contribution >= 4 is 11.8 Å². The molecule has 1 atom stereocenters. The normalized spacial score (nSPS) is 18.8. The molecule has 0 spiro atoms. The van der Waals surface area contributed by atoms with Crippen LogP contribution in [0.15, 0.2) is 48.5 Å². The Morgan fingerprint density at radius 2 is 1.79 bits per heavy atom. The zero-order valence-corrected chi connectivity index (χ0v) is 17.2. The summed E-state index contributed by atoms with van der Waals surface area (Å²) in [6, 6.07) is 14.7.